The average Bonchev–Trinajstić information content (AvgIpc) is 3.56. The van der Waals surface area contributed by atoms with Crippen molar-refractivity contribution < 1.29 is 0 Å². The maximum atomic E-state index is 10.6. The van der Waals surface area contributed by atoms with Gasteiger partial charge in [0.05, 0.1) is 45.6 Å². The van der Waals surface area contributed by atoms with Crippen LogP contribution in [0.5, 0.6) is 0 Å². The third kappa shape index (κ3) is 5.82. The zero-order valence-electron chi connectivity index (χ0n) is 29.1. The van der Waals surface area contributed by atoms with Gasteiger partial charge in [-0.05, 0) is 84.2 Å². The minimum Gasteiger partial charge on any atom is -0.330 e. The van der Waals surface area contributed by atoms with Gasteiger partial charge < -0.3 is 9.47 Å². The Labute approximate surface area is 305 Å². The van der Waals surface area contributed by atoms with Gasteiger partial charge in [0.1, 0.15) is 6.07 Å². The summed E-state index contributed by atoms with van der Waals surface area (Å²) in [6.45, 7) is 4.75. The van der Waals surface area contributed by atoms with Gasteiger partial charge in [0, 0.05) is 40.5 Å². The van der Waals surface area contributed by atoms with Gasteiger partial charge in [0.25, 0.3) is 0 Å². The highest BCUT2D eigenvalue weighted by molar-refractivity contribution is 6.11. The van der Waals surface area contributed by atoms with E-state index >= 15 is 0 Å². The molecule has 5 aromatic rings. The highest BCUT2D eigenvalue weighted by Gasteiger charge is 2.29. The predicted octanol–water partition coefficient (Wildman–Crippen LogP) is 10.6. The molecule has 0 spiro atoms. The number of rotatable bonds is 5. The molecule has 5 heteroatoms. The predicted molar refractivity (Wildman–Crippen MR) is 211 cm³/mol. The summed E-state index contributed by atoms with van der Waals surface area (Å²) in [5.74, 6) is 3.00. The van der Waals surface area contributed by atoms with Crippen molar-refractivity contribution in [1.82, 2.24) is 4.57 Å². The lowest BCUT2D eigenvalue weighted by Crippen LogP contribution is -2.26. The SMILES string of the molecule is C#C/C1=C(\C=C/C)C(C)/C=C\C=C/CN1c1ccccc1C1CC=CC(C#N)=C1c1cccc(-n2c3ccc(C#N)cc3c3cccc(C#N)c32)c1. The van der Waals surface area contributed by atoms with Crippen molar-refractivity contribution in [2.75, 3.05) is 11.4 Å². The maximum Gasteiger partial charge on any atom is 0.101 e. The molecule has 248 valence electrons. The molecular formula is C47H35N5. The molecule has 52 heavy (non-hydrogen) atoms. The van der Waals surface area contributed by atoms with Crippen LogP contribution in [0.25, 0.3) is 33.1 Å². The van der Waals surface area contributed by atoms with Gasteiger partial charge in [-0.15, -0.1) is 6.42 Å². The minimum atomic E-state index is -0.145. The van der Waals surface area contributed by atoms with E-state index in [1.54, 1.807) is 0 Å². The van der Waals surface area contributed by atoms with Crippen LogP contribution in [-0.2, 0) is 0 Å². The second-order valence-electron chi connectivity index (χ2n) is 12.9. The summed E-state index contributed by atoms with van der Waals surface area (Å²) < 4.78 is 2.10. The van der Waals surface area contributed by atoms with Gasteiger partial charge in [-0.3, -0.25) is 0 Å². The lowest BCUT2D eigenvalue weighted by Gasteiger charge is -2.32. The Morgan fingerprint density at radius 3 is 2.48 bits per heavy atom. The van der Waals surface area contributed by atoms with Crippen LogP contribution in [0.2, 0.25) is 0 Å². The first-order valence-electron chi connectivity index (χ1n) is 17.3. The molecule has 0 bridgehead atoms. The van der Waals surface area contributed by atoms with Gasteiger partial charge in [-0.1, -0.05) is 97.8 Å². The van der Waals surface area contributed by atoms with Crippen molar-refractivity contribution in [3.8, 4) is 36.2 Å². The molecule has 5 nitrogen and oxygen atoms in total. The lowest BCUT2D eigenvalue weighted by atomic mass is 9.78. The summed E-state index contributed by atoms with van der Waals surface area (Å²) in [5.41, 5.74) is 10.0. The molecule has 0 radical (unpaired) electrons. The fourth-order valence-electron chi connectivity index (χ4n) is 7.62. The molecule has 0 fully saturated rings. The van der Waals surface area contributed by atoms with Crippen LogP contribution in [0.3, 0.4) is 0 Å². The van der Waals surface area contributed by atoms with Crippen LogP contribution >= 0.6 is 0 Å². The number of hydrogen-bond donors (Lipinski definition) is 0. The highest BCUT2D eigenvalue weighted by Crippen LogP contribution is 2.45. The molecule has 0 amide bonds. The molecule has 1 aliphatic heterocycles. The van der Waals surface area contributed by atoms with Gasteiger partial charge in [0.2, 0.25) is 0 Å². The van der Waals surface area contributed by atoms with Crippen molar-refractivity contribution in [2.24, 2.45) is 5.92 Å². The molecule has 2 heterocycles. The number of para-hydroxylation sites is 2. The van der Waals surface area contributed by atoms with E-state index in [0.717, 1.165) is 61.2 Å². The average molecular weight is 670 g/mol. The van der Waals surface area contributed by atoms with Gasteiger partial charge >= 0.3 is 0 Å². The number of fused-ring (bicyclic) bond motifs is 3. The van der Waals surface area contributed by atoms with E-state index in [0.29, 0.717) is 29.7 Å². The molecule has 1 aliphatic carbocycles. The van der Waals surface area contributed by atoms with Crippen LogP contribution in [0.15, 0.2) is 150 Å². The number of anilines is 1. The van der Waals surface area contributed by atoms with Crippen LogP contribution in [0, 0.1) is 52.3 Å². The summed E-state index contributed by atoms with van der Waals surface area (Å²) in [6, 6.07) is 35.0. The smallest absolute Gasteiger partial charge is 0.101 e. The van der Waals surface area contributed by atoms with E-state index in [1.807, 2.05) is 73.7 Å². The number of allylic oxidation sites excluding steroid dienone is 11. The third-order valence-electron chi connectivity index (χ3n) is 9.92. The van der Waals surface area contributed by atoms with E-state index in [-0.39, 0.29) is 11.8 Å². The number of hydrogen-bond acceptors (Lipinski definition) is 4. The monoisotopic (exact) mass is 669 g/mol. The van der Waals surface area contributed by atoms with Crippen LogP contribution in [0.4, 0.5) is 5.69 Å². The maximum absolute atomic E-state index is 10.6. The largest absolute Gasteiger partial charge is 0.330 e. The third-order valence-corrected chi connectivity index (χ3v) is 9.92. The Morgan fingerprint density at radius 2 is 1.69 bits per heavy atom. The zero-order valence-corrected chi connectivity index (χ0v) is 29.1. The molecule has 2 atom stereocenters. The summed E-state index contributed by atoms with van der Waals surface area (Å²) >= 11 is 0. The van der Waals surface area contributed by atoms with Gasteiger partial charge in [0.15, 0.2) is 0 Å². The summed E-state index contributed by atoms with van der Waals surface area (Å²) in [7, 11) is 0. The second kappa shape index (κ2) is 14.4. The standard InChI is InChI=1S/C47H35N5/c1-4-14-38-32(3)15-7-6-10-26-51(43(38)5-2)44-23-9-8-20-39(44)40-21-12-17-35(30-49)46(40)34-16-11-19-37(28-34)52-45-25-24-33(29-48)27-42(45)41-22-13-18-36(31-50)47(41)52/h2,4,6-20,22-25,27-28,32,40H,21,26H2,1,3H3/b10-6-,14-4-,15-7-,43-38-. The summed E-state index contributed by atoms with van der Waals surface area (Å²) in [5, 5.41) is 32.3. The van der Waals surface area contributed by atoms with E-state index in [1.165, 1.54) is 0 Å². The molecule has 0 N–H and O–H groups in total. The van der Waals surface area contributed by atoms with Crippen LogP contribution in [-0.4, -0.2) is 11.1 Å². The fourth-order valence-corrected chi connectivity index (χ4v) is 7.62. The quantitative estimate of drug-likeness (QED) is 0.174. The Hall–Kier alpha value is -7.05. The van der Waals surface area contributed by atoms with Crippen molar-refractivity contribution in [3.05, 3.63) is 173 Å². The van der Waals surface area contributed by atoms with Gasteiger partial charge in [-0.25, -0.2) is 0 Å². The van der Waals surface area contributed by atoms with E-state index in [9.17, 15) is 15.8 Å². The molecule has 0 saturated heterocycles. The molecule has 2 aliphatic rings. The molecule has 4 aromatic carbocycles. The molecule has 7 rings (SSSR count). The number of nitriles is 3. The number of benzene rings is 4. The van der Waals surface area contributed by atoms with E-state index in [4.69, 9.17) is 6.42 Å². The summed E-state index contributed by atoms with van der Waals surface area (Å²) in [6.07, 6.45) is 23.6. The molecule has 2 unspecified atom stereocenters. The van der Waals surface area contributed by atoms with Crippen LogP contribution in [0.1, 0.15) is 48.4 Å². The van der Waals surface area contributed by atoms with E-state index < -0.39 is 0 Å². The van der Waals surface area contributed by atoms with Crippen LogP contribution < -0.4 is 4.90 Å². The van der Waals surface area contributed by atoms with Crippen molar-refractivity contribution in [2.45, 2.75) is 26.2 Å². The molecule has 1 aromatic heterocycles. The lowest BCUT2D eigenvalue weighted by molar-refractivity contribution is 0.845. The normalized spacial score (nSPS) is 20.1. The molecular weight excluding hydrogens is 635 g/mol. The first-order chi connectivity index (χ1) is 25.5. The Balaban J connectivity index is 1.43. The summed E-state index contributed by atoms with van der Waals surface area (Å²) in [4.78, 5) is 2.22. The number of terminal acetylenes is 1. The first-order valence-corrected chi connectivity index (χ1v) is 17.3. The Morgan fingerprint density at radius 1 is 0.846 bits per heavy atom. The number of nitrogens with zero attached hydrogens (tertiary/aromatic N) is 5. The van der Waals surface area contributed by atoms with Gasteiger partial charge in [-0.2, -0.15) is 15.8 Å². The minimum absolute atomic E-state index is 0.106. The number of aromatic nitrogens is 1. The van der Waals surface area contributed by atoms with E-state index in [2.05, 4.69) is 107 Å². The Bertz CT molecular complexity index is 2610. The van der Waals surface area contributed by atoms with Crippen molar-refractivity contribution in [1.29, 1.82) is 15.8 Å². The molecule has 0 saturated carbocycles. The second-order valence-corrected chi connectivity index (χ2v) is 12.9. The topological polar surface area (TPSA) is 79.5 Å². The first kappa shape index (κ1) is 33.4. The fraction of sp³-hybridized carbons (Fsp3) is 0.128. The zero-order chi connectivity index (χ0) is 36.2. The van der Waals surface area contributed by atoms with Crippen molar-refractivity contribution in [3.63, 3.8) is 0 Å². The highest BCUT2D eigenvalue weighted by atomic mass is 15.1. The van der Waals surface area contributed by atoms with Crippen molar-refractivity contribution >= 4 is 33.1 Å². The Kier molecular flexibility index (Phi) is 9.28.